The molecular formula is C14H20N4OS. The van der Waals surface area contributed by atoms with Gasteiger partial charge in [-0.3, -0.25) is 0 Å². The molecule has 0 fully saturated rings. The number of hydrogen-bond donors (Lipinski definition) is 2. The van der Waals surface area contributed by atoms with E-state index in [2.05, 4.69) is 21.8 Å². The van der Waals surface area contributed by atoms with Gasteiger partial charge in [0.25, 0.3) is 0 Å². The van der Waals surface area contributed by atoms with E-state index in [1.165, 1.54) is 5.56 Å². The normalized spacial score (nSPS) is 10.6. The van der Waals surface area contributed by atoms with Crippen LogP contribution < -0.4 is 15.4 Å². The lowest BCUT2D eigenvalue weighted by Gasteiger charge is -2.08. The molecule has 5 nitrogen and oxygen atoms in total. The van der Waals surface area contributed by atoms with E-state index in [1.54, 1.807) is 13.3 Å². The molecule has 0 bridgehead atoms. The van der Waals surface area contributed by atoms with E-state index < -0.39 is 0 Å². The van der Waals surface area contributed by atoms with Gasteiger partial charge in [0, 0.05) is 31.7 Å². The molecule has 0 amide bonds. The molecule has 2 aromatic heterocycles. The smallest absolute Gasteiger partial charge is 0.166 e. The number of thiocarbonyl (C=S) groups is 1. The van der Waals surface area contributed by atoms with Crippen LogP contribution in [-0.4, -0.2) is 34.9 Å². The predicted octanol–water partition coefficient (Wildman–Crippen LogP) is 1.61. The topological polar surface area (TPSA) is 51.1 Å². The number of aromatic nitrogens is 2. The van der Waals surface area contributed by atoms with Crippen molar-refractivity contribution < 1.29 is 4.74 Å². The van der Waals surface area contributed by atoms with Gasteiger partial charge in [-0.15, -0.1) is 0 Å². The third kappa shape index (κ3) is 3.19. The highest BCUT2D eigenvalue weighted by molar-refractivity contribution is 7.80. The van der Waals surface area contributed by atoms with Crippen LogP contribution in [0.25, 0.3) is 11.0 Å². The van der Waals surface area contributed by atoms with Crippen LogP contribution in [0.4, 0.5) is 0 Å². The van der Waals surface area contributed by atoms with Crippen LogP contribution in [0.3, 0.4) is 0 Å². The number of rotatable bonds is 5. The Bertz CT molecular complexity index is 608. The maximum absolute atomic E-state index is 5.24. The molecule has 0 saturated heterocycles. The largest absolute Gasteiger partial charge is 0.495 e. The van der Waals surface area contributed by atoms with Crippen LogP contribution in [0.1, 0.15) is 12.5 Å². The molecule has 0 saturated carbocycles. The first kappa shape index (κ1) is 14.6. The minimum Gasteiger partial charge on any atom is -0.495 e. The minimum absolute atomic E-state index is 0.698. The van der Waals surface area contributed by atoms with E-state index in [1.807, 2.05) is 24.6 Å². The first-order valence-electron chi connectivity index (χ1n) is 6.65. The quantitative estimate of drug-likeness (QED) is 0.820. The lowest BCUT2D eigenvalue weighted by Crippen LogP contribution is -2.36. The SMILES string of the molecule is CCNC(=S)NCCc1cn(C)c2ncc(OC)cc12. The number of aryl methyl sites for hydroxylation is 1. The summed E-state index contributed by atoms with van der Waals surface area (Å²) in [4.78, 5) is 4.42. The summed E-state index contributed by atoms with van der Waals surface area (Å²) in [5.41, 5.74) is 2.20. The van der Waals surface area contributed by atoms with Crippen molar-refractivity contribution in [2.75, 3.05) is 20.2 Å². The predicted molar refractivity (Wildman–Crippen MR) is 85.2 cm³/mol. The lowest BCUT2D eigenvalue weighted by molar-refractivity contribution is 0.413. The van der Waals surface area contributed by atoms with Crippen molar-refractivity contribution in [3.63, 3.8) is 0 Å². The second-order valence-corrected chi connectivity index (χ2v) is 4.96. The fraction of sp³-hybridized carbons (Fsp3) is 0.429. The molecule has 0 spiro atoms. The van der Waals surface area contributed by atoms with Gasteiger partial charge in [0.05, 0.1) is 13.3 Å². The highest BCUT2D eigenvalue weighted by Crippen LogP contribution is 2.23. The lowest BCUT2D eigenvalue weighted by atomic mass is 10.1. The van der Waals surface area contributed by atoms with Crippen molar-refractivity contribution in [1.29, 1.82) is 0 Å². The summed E-state index contributed by atoms with van der Waals surface area (Å²) in [7, 11) is 3.66. The molecule has 0 aliphatic rings. The second kappa shape index (κ2) is 6.56. The van der Waals surface area contributed by atoms with Crippen LogP contribution in [0.5, 0.6) is 5.75 Å². The maximum Gasteiger partial charge on any atom is 0.166 e. The summed E-state index contributed by atoms with van der Waals surface area (Å²) in [6.07, 6.45) is 4.73. The number of hydrogen-bond acceptors (Lipinski definition) is 3. The average Bonchev–Trinajstić information content (AvgIpc) is 2.75. The summed E-state index contributed by atoms with van der Waals surface area (Å²) in [6, 6.07) is 2.03. The molecule has 2 N–H and O–H groups in total. The molecule has 20 heavy (non-hydrogen) atoms. The van der Waals surface area contributed by atoms with E-state index >= 15 is 0 Å². The van der Waals surface area contributed by atoms with Crippen LogP contribution >= 0.6 is 12.2 Å². The third-order valence-corrected chi connectivity index (χ3v) is 3.41. The summed E-state index contributed by atoms with van der Waals surface area (Å²) in [5, 5.41) is 8.09. The van der Waals surface area contributed by atoms with Gasteiger partial charge < -0.3 is 19.9 Å². The Hall–Kier alpha value is -1.82. The first-order valence-corrected chi connectivity index (χ1v) is 7.06. The number of ether oxygens (including phenoxy) is 1. The molecule has 2 aromatic rings. The molecule has 2 heterocycles. The maximum atomic E-state index is 5.24. The Kier molecular flexibility index (Phi) is 4.79. The van der Waals surface area contributed by atoms with E-state index in [0.29, 0.717) is 5.11 Å². The van der Waals surface area contributed by atoms with Crippen LogP contribution in [-0.2, 0) is 13.5 Å². The monoisotopic (exact) mass is 292 g/mol. The molecule has 0 aliphatic carbocycles. The molecule has 0 radical (unpaired) electrons. The first-order chi connectivity index (χ1) is 9.65. The number of nitrogens with one attached hydrogen (secondary N) is 2. The fourth-order valence-corrected chi connectivity index (χ4v) is 2.41. The van der Waals surface area contributed by atoms with Crippen LogP contribution in [0.2, 0.25) is 0 Å². The number of fused-ring (bicyclic) bond motifs is 1. The molecule has 0 aliphatic heterocycles. The Balaban J connectivity index is 2.11. The van der Waals surface area contributed by atoms with E-state index in [9.17, 15) is 0 Å². The van der Waals surface area contributed by atoms with Crippen molar-refractivity contribution in [2.45, 2.75) is 13.3 Å². The van der Waals surface area contributed by atoms with Gasteiger partial charge >= 0.3 is 0 Å². The number of pyridine rings is 1. The highest BCUT2D eigenvalue weighted by Gasteiger charge is 2.09. The summed E-state index contributed by atoms with van der Waals surface area (Å²) < 4.78 is 7.28. The highest BCUT2D eigenvalue weighted by atomic mass is 32.1. The Labute approximate surface area is 124 Å². The van der Waals surface area contributed by atoms with Gasteiger partial charge in [0.2, 0.25) is 0 Å². The van der Waals surface area contributed by atoms with Gasteiger partial charge in [0.1, 0.15) is 11.4 Å². The van der Waals surface area contributed by atoms with E-state index in [-0.39, 0.29) is 0 Å². The minimum atomic E-state index is 0.698. The molecule has 0 atom stereocenters. The van der Waals surface area contributed by atoms with E-state index in [0.717, 1.165) is 36.3 Å². The van der Waals surface area contributed by atoms with E-state index in [4.69, 9.17) is 17.0 Å². The second-order valence-electron chi connectivity index (χ2n) is 4.55. The van der Waals surface area contributed by atoms with Crippen molar-refractivity contribution in [2.24, 2.45) is 7.05 Å². The molecular weight excluding hydrogens is 272 g/mol. The van der Waals surface area contributed by atoms with Gasteiger partial charge in [-0.2, -0.15) is 0 Å². The summed E-state index contributed by atoms with van der Waals surface area (Å²) in [5.74, 6) is 0.779. The van der Waals surface area contributed by atoms with Crippen molar-refractivity contribution in [3.05, 3.63) is 24.0 Å². The van der Waals surface area contributed by atoms with Crippen LogP contribution in [0, 0.1) is 0 Å². The van der Waals surface area contributed by atoms with Gasteiger partial charge in [-0.05, 0) is 37.2 Å². The molecule has 6 heteroatoms. The Morgan fingerprint density at radius 1 is 1.45 bits per heavy atom. The van der Waals surface area contributed by atoms with Crippen molar-refractivity contribution in [1.82, 2.24) is 20.2 Å². The molecule has 0 unspecified atom stereocenters. The van der Waals surface area contributed by atoms with Gasteiger partial charge in [-0.25, -0.2) is 4.98 Å². The zero-order valence-electron chi connectivity index (χ0n) is 12.1. The van der Waals surface area contributed by atoms with Gasteiger partial charge in [0.15, 0.2) is 5.11 Å². The fourth-order valence-electron chi connectivity index (χ4n) is 2.16. The number of nitrogens with zero attached hydrogens (tertiary/aromatic N) is 2. The molecule has 2 rings (SSSR count). The zero-order valence-corrected chi connectivity index (χ0v) is 12.9. The average molecular weight is 292 g/mol. The zero-order chi connectivity index (χ0) is 14.5. The molecule has 0 aromatic carbocycles. The standard InChI is InChI=1S/C14H20N4OS/c1-4-15-14(20)16-6-5-10-9-18(2)13-12(10)7-11(19-3)8-17-13/h7-9H,4-6H2,1-3H3,(H2,15,16,20). The van der Waals surface area contributed by atoms with Crippen LogP contribution in [0.15, 0.2) is 18.5 Å². The van der Waals surface area contributed by atoms with Gasteiger partial charge in [-0.1, -0.05) is 0 Å². The van der Waals surface area contributed by atoms with Crippen molar-refractivity contribution >= 4 is 28.4 Å². The summed E-state index contributed by atoms with van der Waals surface area (Å²) in [6.45, 7) is 3.65. The molecule has 108 valence electrons. The Morgan fingerprint density at radius 2 is 2.25 bits per heavy atom. The Morgan fingerprint density at radius 3 is 2.95 bits per heavy atom. The van der Waals surface area contributed by atoms with Crippen molar-refractivity contribution in [3.8, 4) is 5.75 Å². The summed E-state index contributed by atoms with van der Waals surface area (Å²) >= 11 is 5.15. The number of methoxy groups -OCH3 is 1. The third-order valence-electron chi connectivity index (χ3n) is 3.12.